The number of amides is 3. The van der Waals surface area contributed by atoms with E-state index in [9.17, 15) is 29.3 Å². The molecule has 0 unspecified atom stereocenters. The summed E-state index contributed by atoms with van der Waals surface area (Å²) in [5.74, 6) is -1.85. The zero-order chi connectivity index (χ0) is 20.7. The van der Waals surface area contributed by atoms with E-state index in [4.69, 9.17) is 9.90 Å². The number of carbonyl (C=O) groups is 5. The molecule has 12 heteroatoms. The molecule has 1 heterocycles. The van der Waals surface area contributed by atoms with Crippen LogP contribution in [-0.2, 0) is 9.63 Å². The first kappa shape index (κ1) is 21.2. The van der Waals surface area contributed by atoms with Crippen LogP contribution in [0.4, 0.5) is 0 Å². The van der Waals surface area contributed by atoms with Gasteiger partial charge in [0.2, 0.25) is 0 Å². The topological polar surface area (TPSA) is 164 Å². The van der Waals surface area contributed by atoms with E-state index in [1.807, 2.05) is 0 Å². The van der Waals surface area contributed by atoms with Crippen LogP contribution in [0.25, 0.3) is 0 Å². The summed E-state index contributed by atoms with van der Waals surface area (Å²) in [4.78, 5) is 72.4. The summed E-state index contributed by atoms with van der Waals surface area (Å²) >= 11 is 0. The Hall–Kier alpha value is -3.83. The number of hydrogen-bond donors (Lipinski definition) is 1. The van der Waals surface area contributed by atoms with Crippen molar-refractivity contribution < 1.29 is 39.0 Å². The van der Waals surface area contributed by atoms with Gasteiger partial charge in [-0.2, -0.15) is 0 Å². The van der Waals surface area contributed by atoms with E-state index in [0.29, 0.717) is 6.29 Å². The smallest absolute Gasteiger partial charge is 0.296 e. The van der Waals surface area contributed by atoms with E-state index in [2.05, 4.69) is 4.84 Å². The molecule has 3 amide bonds. The molecule has 27 heavy (non-hydrogen) atoms. The molecule has 0 atom stereocenters. The first-order chi connectivity index (χ1) is 12.7. The lowest BCUT2D eigenvalue weighted by Gasteiger charge is -2.16. The van der Waals surface area contributed by atoms with Crippen LogP contribution < -0.4 is 0 Å². The summed E-state index contributed by atoms with van der Waals surface area (Å²) in [6, 6.07) is 2.33. The van der Waals surface area contributed by atoms with Crippen LogP contribution in [0.1, 0.15) is 48.4 Å². The quantitative estimate of drug-likeness (QED) is 0.236. The highest BCUT2D eigenvalue weighted by Crippen LogP contribution is 2.26. The van der Waals surface area contributed by atoms with Gasteiger partial charge in [-0.3, -0.25) is 33.7 Å². The Balaban J connectivity index is 0.00000114. The number of carboxylic acid groups (broad SMARTS) is 1. The number of nitrogens with zero attached hydrogens (tertiary/aromatic N) is 3. The first-order valence-electron chi connectivity index (χ1n) is 7.33. The fourth-order valence-corrected chi connectivity index (χ4v) is 2.32. The van der Waals surface area contributed by atoms with Gasteiger partial charge < -0.3 is 10.0 Å². The van der Waals surface area contributed by atoms with Crippen LogP contribution in [0.15, 0.2) is 12.1 Å². The fourth-order valence-electron chi connectivity index (χ4n) is 2.32. The van der Waals surface area contributed by atoms with Crippen molar-refractivity contribution >= 4 is 30.5 Å². The minimum Gasteiger partial charge on any atom is -0.483 e. The molecule has 12 nitrogen and oxygen atoms in total. The molecular weight excluding hydrogens is 366 g/mol. The maximum atomic E-state index is 12.3. The summed E-state index contributed by atoms with van der Waals surface area (Å²) < 4.78 is 0. The third-order valence-corrected chi connectivity index (χ3v) is 3.52. The first-order valence-corrected chi connectivity index (χ1v) is 7.33. The molecule has 1 aromatic rings. The Labute approximate surface area is 152 Å². The normalized spacial score (nSPS) is 11.9. The van der Waals surface area contributed by atoms with E-state index < -0.39 is 29.5 Å². The van der Waals surface area contributed by atoms with Crippen molar-refractivity contribution in [1.82, 2.24) is 9.80 Å². The zero-order valence-electron chi connectivity index (χ0n) is 14.3. The lowest BCUT2D eigenvalue weighted by atomic mass is 9.99. The van der Waals surface area contributed by atoms with E-state index in [1.165, 1.54) is 13.1 Å². The molecule has 0 radical (unpaired) electrons. The van der Waals surface area contributed by atoms with Gasteiger partial charge in [0.1, 0.15) is 0 Å². The second-order valence-corrected chi connectivity index (χ2v) is 5.05. The average molecular weight is 381 g/mol. The predicted molar refractivity (Wildman–Crippen MR) is 86.6 cm³/mol. The number of rotatable bonds is 6. The number of hydrogen-bond acceptors (Lipinski definition) is 8. The minimum atomic E-state index is -1.06. The Kier molecular flexibility index (Phi) is 7.10. The van der Waals surface area contributed by atoms with Gasteiger partial charge in [0.25, 0.3) is 29.3 Å². The van der Waals surface area contributed by atoms with Gasteiger partial charge >= 0.3 is 0 Å². The highest BCUT2D eigenvalue weighted by molar-refractivity contribution is 6.22. The molecule has 0 saturated heterocycles. The summed E-state index contributed by atoms with van der Waals surface area (Å²) in [5.41, 5.74) is -0.174. The van der Waals surface area contributed by atoms with Crippen LogP contribution >= 0.6 is 0 Å². The van der Waals surface area contributed by atoms with Crippen molar-refractivity contribution in [2.24, 2.45) is 0 Å². The molecular formula is C15H15N3O9. The Morgan fingerprint density at radius 2 is 1.81 bits per heavy atom. The fraction of sp³-hybridized carbons (Fsp3) is 0.267. The summed E-state index contributed by atoms with van der Waals surface area (Å²) in [6.07, 6.45) is 0.377. The second-order valence-electron chi connectivity index (χ2n) is 5.05. The molecule has 2 rings (SSSR count). The molecule has 1 aromatic carbocycles. The van der Waals surface area contributed by atoms with Crippen molar-refractivity contribution in [3.05, 3.63) is 44.5 Å². The van der Waals surface area contributed by atoms with Crippen molar-refractivity contribution in [2.75, 3.05) is 20.3 Å². The maximum absolute atomic E-state index is 12.3. The van der Waals surface area contributed by atoms with Gasteiger partial charge in [-0.15, -0.1) is 10.1 Å². The SMILES string of the molecule is CCN1C(=O)c2cc(C=O)c(C(=O)N(C)CO[N+](=O)[O-])cc2C1=O.O=CO. The number of carbonyl (C=O) groups excluding carboxylic acids is 4. The van der Waals surface area contributed by atoms with Gasteiger partial charge in [0.15, 0.2) is 13.0 Å². The molecule has 0 bridgehead atoms. The van der Waals surface area contributed by atoms with E-state index >= 15 is 0 Å². The largest absolute Gasteiger partial charge is 0.483 e. The molecule has 1 N–H and O–H groups in total. The highest BCUT2D eigenvalue weighted by atomic mass is 17.0. The van der Waals surface area contributed by atoms with Crippen LogP contribution in [-0.4, -0.2) is 70.8 Å². The number of imide groups is 1. The van der Waals surface area contributed by atoms with Crippen molar-refractivity contribution in [3.8, 4) is 0 Å². The highest BCUT2D eigenvalue weighted by Gasteiger charge is 2.36. The van der Waals surface area contributed by atoms with Crippen molar-refractivity contribution in [1.29, 1.82) is 0 Å². The minimum absolute atomic E-state index is 0.0133. The number of aldehydes is 1. The molecule has 0 aromatic heterocycles. The summed E-state index contributed by atoms with van der Waals surface area (Å²) in [6.45, 7) is 0.884. The summed E-state index contributed by atoms with van der Waals surface area (Å²) in [5, 5.41) is 16.0. The third kappa shape index (κ3) is 4.42. The number of fused-ring (bicyclic) bond motifs is 1. The van der Waals surface area contributed by atoms with E-state index in [0.717, 1.165) is 15.9 Å². The third-order valence-electron chi connectivity index (χ3n) is 3.52. The summed E-state index contributed by atoms with van der Waals surface area (Å²) in [7, 11) is 1.24. The second kappa shape index (κ2) is 9.03. The maximum Gasteiger partial charge on any atom is 0.296 e. The molecule has 144 valence electrons. The van der Waals surface area contributed by atoms with Crippen LogP contribution in [0.3, 0.4) is 0 Å². The molecule has 1 aliphatic rings. The van der Waals surface area contributed by atoms with Crippen LogP contribution in [0, 0.1) is 10.1 Å². The van der Waals surface area contributed by atoms with E-state index in [1.54, 1.807) is 6.92 Å². The van der Waals surface area contributed by atoms with Crippen molar-refractivity contribution in [3.63, 3.8) is 0 Å². The van der Waals surface area contributed by atoms with Crippen LogP contribution in [0.2, 0.25) is 0 Å². The monoisotopic (exact) mass is 381 g/mol. The lowest BCUT2D eigenvalue weighted by molar-refractivity contribution is -0.761. The molecule has 0 fully saturated rings. The van der Waals surface area contributed by atoms with Gasteiger partial charge in [-0.1, -0.05) is 0 Å². The molecule has 0 aliphatic carbocycles. The molecule has 1 aliphatic heterocycles. The average Bonchev–Trinajstić information content (AvgIpc) is 2.88. The Morgan fingerprint density at radius 1 is 1.30 bits per heavy atom. The van der Waals surface area contributed by atoms with Crippen LogP contribution in [0.5, 0.6) is 0 Å². The van der Waals surface area contributed by atoms with Crippen molar-refractivity contribution in [2.45, 2.75) is 6.92 Å². The van der Waals surface area contributed by atoms with Gasteiger partial charge in [0, 0.05) is 19.2 Å². The standard InChI is InChI=1S/C14H13N3O7.CH2O2/c1-3-16-13(20)10-4-8(6-18)9(5-11(10)14(16)21)12(19)15(2)7-24-17(22)23;2-1-3/h4-6H,3,7H2,1-2H3;1H,(H,2,3). The molecule has 0 saturated carbocycles. The number of benzene rings is 1. The van der Waals surface area contributed by atoms with Gasteiger partial charge in [-0.25, -0.2) is 0 Å². The van der Waals surface area contributed by atoms with E-state index in [-0.39, 0.29) is 35.3 Å². The zero-order valence-corrected chi connectivity index (χ0v) is 14.3. The predicted octanol–water partition coefficient (Wildman–Crippen LogP) is 0.0536. The van der Waals surface area contributed by atoms with Gasteiger partial charge in [-0.05, 0) is 19.1 Å². The lowest BCUT2D eigenvalue weighted by Crippen LogP contribution is -2.31. The van der Waals surface area contributed by atoms with Gasteiger partial charge in [0.05, 0.1) is 16.7 Å². The molecule has 0 spiro atoms. The Bertz CT molecular complexity index is 806. The Morgan fingerprint density at radius 3 is 2.26 bits per heavy atom.